The number of amides is 1. The summed E-state index contributed by atoms with van der Waals surface area (Å²) in [6, 6.07) is 13.6. The van der Waals surface area contributed by atoms with Gasteiger partial charge in [0, 0.05) is 11.1 Å². The van der Waals surface area contributed by atoms with E-state index in [1.165, 1.54) is 7.11 Å². The van der Waals surface area contributed by atoms with E-state index in [1.807, 2.05) is 12.1 Å². The highest BCUT2D eigenvalue weighted by molar-refractivity contribution is 5.91. The summed E-state index contributed by atoms with van der Waals surface area (Å²) in [5, 5.41) is 8.22. The zero-order valence-electron chi connectivity index (χ0n) is 15.5. The molecule has 28 heavy (non-hydrogen) atoms. The van der Waals surface area contributed by atoms with Crippen molar-refractivity contribution in [2.45, 2.75) is 13.5 Å². The number of anilines is 1. The molecule has 1 aromatic heterocycles. The fraction of sp³-hybridized carbons (Fsp3) is 0.200. The standard InChI is InChI=1S/C20H19N3O5/c1-13-16-5-3-4-6-17(16)20(26)23(22-13)11-18(24)21-14-7-9-15(10-8-14)28-12-19(25)27-2/h3-10H,11-12H2,1-2H3,(H,21,24). The molecular weight excluding hydrogens is 362 g/mol. The molecule has 0 fully saturated rings. The minimum atomic E-state index is -0.485. The zero-order valence-corrected chi connectivity index (χ0v) is 15.5. The molecule has 0 radical (unpaired) electrons. The predicted octanol–water partition coefficient (Wildman–Crippen LogP) is 1.90. The molecule has 0 saturated carbocycles. The normalized spacial score (nSPS) is 10.5. The van der Waals surface area contributed by atoms with Crippen molar-refractivity contribution in [3.05, 3.63) is 64.6 Å². The zero-order chi connectivity index (χ0) is 20.1. The first-order valence-corrected chi connectivity index (χ1v) is 8.54. The number of benzene rings is 2. The lowest BCUT2D eigenvalue weighted by atomic mass is 10.1. The molecule has 0 aliphatic rings. The van der Waals surface area contributed by atoms with Gasteiger partial charge in [-0.2, -0.15) is 5.10 Å². The van der Waals surface area contributed by atoms with Crippen LogP contribution in [0.2, 0.25) is 0 Å². The molecule has 3 aromatic rings. The number of fused-ring (bicyclic) bond motifs is 1. The van der Waals surface area contributed by atoms with Gasteiger partial charge in [-0.1, -0.05) is 18.2 Å². The lowest BCUT2D eigenvalue weighted by Gasteiger charge is -2.10. The number of nitrogens with one attached hydrogen (secondary N) is 1. The summed E-state index contributed by atoms with van der Waals surface area (Å²) < 4.78 is 10.9. The van der Waals surface area contributed by atoms with Crippen LogP contribution in [0.4, 0.5) is 5.69 Å². The second-order valence-electron chi connectivity index (χ2n) is 6.03. The molecule has 0 saturated heterocycles. The van der Waals surface area contributed by atoms with Crippen LogP contribution in [0.25, 0.3) is 10.8 Å². The van der Waals surface area contributed by atoms with E-state index in [0.717, 1.165) is 10.1 Å². The third-order valence-corrected chi connectivity index (χ3v) is 4.07. The molecule has 0 aliphatic heterocycles. The van der Waals surface area contributed by atoms with Gasteiger partial charge in [-0.15, -0.1) is 0 Å². The van der Waals surface area contributed by atoms with Gasteiger partial charge >= 0.3 is 5.97 Å². The fourth-order valence-corrected chi connectivity index (χ4v) is 2.68. The molecule has 0 spiro atoms. The number of carbonyl (C=O) groups excluding carboxylic acids is 2. The molecule has 1 N–H and O–H groups in total. The fourth-order valence-electron chi connectivity index (χ4n) is 2.68. The SMILES string of the molecule is COC(=O)COc1ccc(NC(=O)Cn2nc(C)c3ccccc3c2=O)cc1. The second-order valence-corrected chi connectivity index (χ2v) is 6.03. The number of carbonyl (C=O) groups is 2. The van der Waals surface area contributed by atoms with Crippen molar-refractivity contribution < 1.29 is 19.1 Å². The van der Waals surface area contributed by atoms with Crippen molar-refractivity contribution in [2.24, 2.45) is 0 Å². The van der Waals surface area contributed by atoms with E-state index >= 15 is 0 Å². The number of hydrogen-bond acceptors (Lipinski definition) is 6. The molecule has 8 nitrogen and oxygen atoms in total. The van der Waals surface area contributed by atoms with Crippen LogP contribution >= 0.6 is 0 Å². The van der Waals surface area contributed by atoms with Crippen molar-refractivity contribution in [1.29, 1.82) is 0 Å². The molecule has 2 aromatic carbocycles. The van der Waals surface area contributed by atoms with Crippen LogP contribution in [0.3, 0.4) is 0 Å². The Morgan fingerprint density at radius 2 is 1.75 bits per heavy atom. The number of hydrogen-bond donors (Lipinski definition) is 1. The highest BCUT2D eigenvalue weighted by Crippen LogP contribution is 2.16. The topological polar surface area (TPSA) is 99.5 Å². The number of esters is 1. The van der Waals surface area contributed by atoms with E-state index < -0.39 is 5.97 Å². The number of nitrogens with zero attached hydrogens (tertiary/aromatic N) is 2. The first-order chi connectivity index (χ1) is 13.5. The van der Waals surface area contributed by atoms with Crippen LogP contribution in [0.15, 0.2) is 53.3 Å². The molecule has 1 amide bonds. The van der Waals surface area contributed by atoms with E-state index in [0.29, 0.717) is 22.5 Å². The third-order valence-electron chi connectivity index (χ3n) is 4.07. The van der Waals surface area contributed by atoms with Crippen LogP contribution in [0.1, 0.15) is 5.69 Å². The lowest BCUT2D eigenvalue weighted by Crippen LogP contribution is -2.30. The summed E-state index contributed by atoms with van der Waals surface area (Å²) in [5.41, 5.74) is 0.888. The Morgan fingerprint density at radius 1 is 1.07 bits per heavy atom. The highest BCUT2D eigenvalue weighted by atomic mass is 16.6. The van der Waals surface area contributed by atoms with E-state index in [4.69, 9.17) is 4.74 Å². The average molecular weight is 381 g/mol. The lowest BCUT2D eigenvalue weighted by molar-refractivity contribution is -0.142. The number of aryl methyl sites for hydroxylation is 1. The first-order valence-electron chi connectivity index (χ1n) is 8.54. The van der Waals surface area contributed by atoms with E-state index in [2.05, 4.69) is 15.2 Å². The van der Waals surface area contributed by atoms with Gasteiger partial charge in [0.05, 0.1) is 18.2 Å². The number of methoxy groups -OCH3 is 1. The van der Waals surface area contributed by atoms with Crippen molar-refractivity contribution in [3.8, 4) is 5.75 Å². The minimum Gasteiger partial charge on any atom is -0.482 e. The molecule has 144 valence electrons. The Balaban J connectivity index is 1.67. The largest absolute Gasteiger partial charge is 0.482 e. The molecule has 0 aliphatic carbocycles. The van der Waals surface area contributed by atoms with Gasteiger partial charge < -0.3 is 14.8 Å². The van der Waals surface area contributed by atoms with Gasteiger partial charge in [-0.3, -0.25) is 9.59 Å². The molecule has 3 rings (SSSR count). The molecular formula is C20H19N3O5. The molecule has 0 atom stereocenters. The van der Waals surface area contributed by atoms with Crippen LogP contribution < -0.4 is 15.6 Å². The van der Waals surface area contributed by atoms with E-state index in [9.17, 15) is 14.4 Å². The van der Waals surface area contributed by atoms with Gasteiger partial charge in [0.25, 0.3) is 5.56 Å². The Bertz CT molecular complexity index is 1070. The van der Waals surface area contributed by atoms with Crippen LogP contribution in [0.5, 0.6) is 5.75 Å². The predicted molar refractivity (Wildman–Crippen MR) is 103 cm³/mol. The maximum atomic E-state index is 12.5. The number of ether oxygens (including phenoxy) is 2. The van der Waals surface area contributed by atoms with Gasteiger partial charge in [-0.05, 0) is 37.3 Å². The molecule has 8 heteroatoms. The monoisotopic (exact) mass is 381 g/mol. The maximum Gasteiger partial charge on any atom is 0.343 e. The first kappa shape index (κ1) is 19.1. The van der Waals surface area contributed by atoms with E-state index in [-0.39, 0.29) is 24.6 Å². The Labute approximate surface area is 160 Å². The summed E-state index contributed by atoms with van der Waals surface area (Å²) in [5.74, 6) is -0.403. The van der Waals surface area contributed by atoms with Gasteiger partial charge in [0.15, 0.2) is 6.61 Å². The highest BCUT2D eigenvalue weighted by Gasteiger charge is 2.11. The molecule has 0 bridgehead atoms. The number of rotatable bonds is 6. The summed E-state index contributed by atoms with van der Waals surface area (Å²) in [7, 11) is 1.28. The summed E-state index contributed by atoms with van der Waals surface area (Å²) in [6.45, 7) is 1.40. The van der Waals surface area contributed by atoms with Crippen molar-refractivity contribution in [3.63, 3.8) is 0 Å². The Hall–Kier alpha value is -3.68. The van der Waals surface area contributed by atoms with Crippen LogP contribution in [-0.4, -0.2) is 35.4 Å². The average Bonchev–Trinajstić information content (AvgIpc) is 2.71. The Kier molecular flexibility index (Phi) is 5.69. The minimum absolute atomic E-state index is 0.196. The number of aromatic nitrogens is 2. The quantitative estimate of drug-likeness (QED) is 0.655. The van der Waals surface area contributed by atoms with E-state index in [1.54, 1.807) is 43.3 Å². The van der Waals surface area contributed by atoms with Crippen LogP contribution in [0, 0.1) is 6.92 Å². The van der Waals surface area contributed by atoms with Crippen molar-refractivity contribution in [1.82, 2.24) is 9.78 Å². The van der Waals surface area contributed by atoms with Gasteiger partial charge in [-0.25, -0.2) is 9.48 Å². The summed E-state index contributed by atoms with van der Waals surface area (Å²) in [6.07, 6.45) is 0. The summed E-state index contributed by atoms with van der Waals surface area (Å²) in [4.78, 5) is 35.9. The van der Waals surface area contributed by atoms with Gasteiger partial charge in [0.1, 0.15) is 12.3 Å². The smallest absolute Gasteiger partial charge is 0.343 e. The second kappa shape index (κ2) is 8.34. The third kappa shape index (κ3) is 4.35. The molecule has 1 heterocycles. The van der Waals surface area contributed by atoms with Gasteiger partial charge in [0.2, 0.25) is 5.91 Å². The summed E-state index contributed by atoms with van der Waals surface area (Å²) >= 11 is 0. The molecule has 0 unspecified atom stereocenters. The Morgan fingerprint density at radius 3 is 2.43 bits per heavy atom. The van der Waals surface area contributed by atoms with Crippen LogP contribution in [-0.2, 0) is 20.9 Å². The van der Waals surface area contributed by atoms with Crippen molar-refractivity contribution in [2.75, 3.05) is 19.0 Å². The maximum absolute atomic E-state index is 12.5. The van der Waals surface area contributed by atoms with Crippen molar-refractivity contribution >= 4 is 28.3 Å².